The van der Waals surface area contributed by atoms with Crippen LogP contribution in [-0.2, 0) is 6.54 Å². The maximum atomic E-state index is 5.44. The first-order chi connectivity index (χ1) is 12.2. The monoisotopic (exact) mass is 340 g/mol. The first-order valence-electron chi connectivity index (χ1n) is 9.39. The Morgan fingerprint density at radius 3 is 2.84 bits per heavy atom. The van der Waals surface area contributed by atoms with E-state index in [0.29, 0.717) is 0 Å². The number of benzene rings is 1. The number of methoxy groups -OCH3 is 1. The number of ether oxygens (including phenoxy) is 1. The molecule has 1 atom stereocenters. The molecular weight excluding hydrogens is 312 g/mol. The Labute approximate surface area is 150 Å². The first kappa shape index (κ1) is 16.6. The van der Waals surface area contributed by atoms with E-state index in [-0.39, 0.29) is 0 Å². The molecule has 2 fully saturated rings. The number of piperidine rings is 1. The van der Waals surface area contributed by atoms with Crippen molar-refractivity contribution in [3.05, 3.63) is 42.2 Å². The van der Waals surface area contributed by atoms with Crippen molar-refractivity contribution < 1.29 is 4.74 Å². The van der Waals surface area contributed by atoms with Crippen LogP contribution >= 0.6 is 0 Å². The average molecular weight is 340 g/mol. The Balaban J connectivity index is 1.35. The van der Waals surface area contributed by atoms with Crippen LogP contribution in [0.2, 0.25) is 0 Å². The SMILES string of the molecule is COc1ccccc1-n1cc(CN2CC(N3CCCC[C@H]3C)C2)cn1. The Kier molecular flexibility index (Phi) is 4.77. The zero-order valence-electron chi connectivity index (χ0n) is 15.3. The molecule has 0 saturated carbocycles. The molecule has 5 heteroatoms. The lowest BCUT2D eigenvalue weighted by Gasteiger charge is -2.49. The summed E-state index contributed by atoms with van der Waals surface area (Å²) in [6.45, 7) is 7.02. The fourth-order valence-corrected chi connectivity index (χ4v) is 4.19. The smallest absolute Gasteiger partial charge is 0.144 e. The van der Waals surface area contributed by atoms with Crippen molar-refractivity contribution in [2.24, 2.45) is 0 Å². The van der Waals surface area contributed by atoms with E-state index >= 15 is 0 Å². The molecule has 1 aromatic heterocycles. The summed E-state index contributed by atoms with van der Waals surface area (Å²) < 4.78 is 7.35. The lowest BCUT2D eigenvalue weighted by molar-refractivity contribution is -0.00620. The summed E-state index contributed by atoms with van der Waals surface area (Å²) in [5, 5.41) is 4.53. The summed E-state index contributed by atoms with van der Waals surface area (Å²) in [4.78, 5) is 5.24. The highest BCUT2D eigenvalue weighted by Gasteiger charge is 2.34. The van der Waals surface area contributed by atoms with E-state index in [0.717, 1.165) is 30.1 Å². The molecule has 0 radical (unpaired) electrons. The fraction of sp³-hybridized carbons (Fsp3) is 0.550. The highest BCUT2D eigenvalue weighted by Crippen LogP contribution is 2.26. The number of hydrogen-bond acceptors (Lipinski definition) is 4. The molecule has 1 aromatic carbocycles. The third-order valence-electron chi connectivity index (χ3n) is 5.64. The second-order valence-corrected chi connectivity index (χ2v) is 7.40. The van der Waals surface area contributed by atoms with Gasteiger partial charge in [0.15, 0.2) is 0 Å². The van der Waals surface area contributed by atoms with Crippen molar-refractivity contribution in [2.75, 3.05) is 26.7 Å². The van der Waals surface area contributed by atoms with Gasteiger partial charge in [-0.3, -0.25) is 9.80 Å². The Morgan fingerprint density at radius 1 is 1.20 bits per heavy atom. The molecule has 0 N–H and O–H groups in total. The van der Waals surface area contributed by atoms with Crippen LogP contribution in [0.5, 0.6) is 5.75 Å². The summed E-state index contributed by atoms with van der Waals surface area (Å²) in [5.74, 6) is 0.847. The highest BCUT2D eigenvalue weighted by molar-refractivity contribution is 5.46. The van der Waals surface area contributed by atoms with Crippen molar-refractivity contribution in [2.45, 2.75) is 44.8 Å². The normalized spacial score (nSPS) is 22.7. The molecule has 0 unspecified atom stereocenters. The van der Waals surface area contributed by atoms with E-state index in [1.807, 2.05) is 35.1 Å². The van der Waals surface area contributed by atoms with Gasteiger partial charge in [-0.2, -0.15) is 5.10 Å². The molecule has 5 nitrogen and oxygen atoms in total. The molecule has 25 heavy (non-hydrogen) atoms. The molecule has 4 rings (SSSR count). The topological polar surface area (TPSA) is 33.5 Å². The quantitative estimate of drug-likeness (QED) is 0.838. The minimum atomic E-state index is 0.750. The maximum absolute atomic E-state index is 5.44. The van der Waals surface area contributed by atoms with Crippen molar-refractivity contribution >= 4 is 0 Å². The van der Waals surface area contributed by atoms with Crippen LogP contribution < -0.4 is 4.74 Å². The number of rotatable bonds is 5. The Bertz CT molecular complexity index is 707. The zero-order valence-corrected chi connectivity index (χ0v) is 15.3. The molecular formula is C20H28N4O. The van der Waals surface area contributed by atoms with E-state index in [1.54, 1.807) is 7.11 Å². The molecule has 0 amide bonds. The van der Waals surface area contributed by atoms with Crippen molar-refractivity contribution in [1.82, 2.24) is 19.6 Å². The average Bonchev–Trinajstić information content (AvgIpc) is 3.07. The van der Waals surface area contributed by atoms with Gasteiger partial charge in [0.05, 0.1) is 13.3 Å². The number of para-hydroxylation sites is 2. The molecule has 0 bridgehead atoms. The second-order valence-electron chi connectivity index (χ2n) is 7.40. The third-order valence-corrected chi connectivity index (χ3v) is 5.64. The first-order valence-corrected chi connectivity index (χ1v) is 9.39. The van der Waals surface area contributed by atoms with Gasteiger partial charge in [-0.05, 0) is 38.4 Å². The van der Waals surface area contributed by atoms with Gasteiger partial charge in [0.1, 0.15) is 11.4 Å². The summed E-state index contributed by atoms with van der Waals surface area (Å²) in [6.07, 6.45) is 8.23. The van der Waals surface area contributed by atoms with E-state index in [9.17, 15) is 0 Å². The van der Waals surface area contributed by atoms with Gasteiger partial charge in [0, 0.05) is 43.5 Å². The summed E-state index contributed by atoms with van der Waals surface area (Å²) >= 11 is 0. The largest absolute Gasteiger partial charge is 0.494 e. The minimum Gasteiger partial charge on any atom is -0.494 e. The summed E-state index contributed by atoms with van der Waals surface area (Å²) in [6, 6.07) is 9.51. The molecule has 0 spiro atoms. The van der Waals surface area contributed by atoms with Gasteiger partial charge >= 0.3 is 0 Å². The Hall–Kier alpha value is -1.85. The van der Waals surface area contributed by atoms with Crippen molar-refractivity contribution in [3.8, 4) is 11.4 Å². The molecule has 2 saturated heterocycles. The predicted molar refractivity (Wildman–Crippen MR) is 99.2 cm³/mol. The molecule has 2 aromatic rings. The predicted octanol–water partition coefficient (Wildman–Crippen LogP) is 2.94. The van der Waals surface area contributed by atoms with Crippen molar-refractivity contribution in [3.63, 3.8) is 0 Å². The van der Waals surface area contributed by atoms with Crippen LogP contribution in [0.3, 0.4) is 0 Å². The molecule has 0 aliphatic carbocycles. The molecule has 2 aliphatic heterocycles. The molecule has 134 valence electrons. The van der Waals surface area contributed by atoms with Crippen molar-refractivity contribution in [1.29, 1.82) is 0 Å². The maximum Gasteiger partial charge on any atom is 0.144 e. The van der Waals surface area contributed by atoms with Crippen LogP contribution in [0, 0.1) is 0 Å². The van der Waals surface area contributed by atoms with Gasteiger partial charge in [-0.25, -0.2) is 4.68 Å². The van der Waals surface area contributed by atoms with Crippen LogP contribution in [0.1, 0.15) is 31.7 Å². The summed E-state index contributed by atoms with van der Waals surface area (Å²) in [7, 11) is 1.70. The highest BCUT2D eigenvalue weighted by atomic mass is 16.5. The van der Waals surface area contributed by atoms with E-state index < -0.39 is 0 Å². The second kappa shape index (κ2) is 7.18. The van der Waals surface area contributed by atoms with Gasteiger partial charge in [-0.15, -0.1) is 0 Å². The van der Waals surface area contributed by atoms with Gasteiger partial charge < -0.3 is 4.74 Å². The zero-order chi connectivity index (χ0) is 17.2. The lowest BCUT2D eigenvalue weighted by Crippen LogP contribution is -2.61. The fourth-order valence-electron chi connectivity index (χ4n) is 4.19. The third kappa shape index (κ3) is 3.44. The summed E-state index contributed by atoms with van der Waals surface area (Å²) in [5.41, 5.74) is 2.25. The molecule has 2 aliphatic rings. The van der Waals surface area contributed by atoms with E-state index in [4.69, 9.17) is 4.74 Å². The van der Waals surface area contributed by atoms with Crippen LogP contribution in [0.25, 0.3) is 5.69 Å². The number of hydrogen-bond donors (Lipinski definition) is 0. The Morgan fingerprint density at radius 2 is 2.04 bits per heavy atom. The lowest BCUT2D eigenvalue weighted by atomic mass is 9.97. The van der Waals surface area contributed by atoms with E-state index in [1.165, 1.54) is 44.5 Å². The van der Waals surface area contributed by atoms with E-state index in [2.05, 4.69) is 28.0 Å². The number of likely N-dealkylation sites (tertiary alicyclic amines) is 2. The van der Waals surface area contributed by atoms with Gasteiger partial charge in [0.2, 0.25) is 0 Å². The van der Waals surface area contributed by atoms with Gasteiger partial charge in [0.25, 0.3) is 0 Å². The van der Waals surface area contributed by atoms with Crippen LogP contribution in [0.4, 0.5) is 0 Å². The minimum absolute atomic E-state index is 0.750. The molecule has 3 heterocycles. The standard InChI is InChI=1S/C20H28N4O/c1-16-7-5-6-10-23(16)18-14-22(15-18)12-17-11-21-24(13-17)19-8-3-4-9-20(19)25-2/h3-4,8-9,11,13,16,18H,5-7,10,12,14-15H2,1-2H3/t16-/m1/s1. The van der Waals surface area contributed by atoms with Crippen LogP contribution in [-0.4, -0.2) is 58.4 Å². The number of nitrogens with zero attached hydrogens (tertiary/aromatic N) is 4. The van der Waals surface area contributed by atoms with Crippen LogP contribution in [0.15, 0.2) is 36.7 Å². The number of aromatic nitrogens is 2. The van der Waals surface area contributed by atoms with Gasteiger partial charge in [-0.1, -0.05) is 18.6 Å².